The van der Waals surface area contributed by atoms with Crippen LogP contribution in [0.5, 0.6) is 5.75 Å². The molecule has 0 aromatic heterocycles. The van der Waals surface area contributed by atoms with Gasteiger partial charge in [0, 0.05) is 36.8 Å². The number of nitrogens with zero attached hydrogens (tertiary/aromatic N) is 1. The number of ketones is 1. The first-order chi connectivity index (χ1) is 17.3. The van der Waals surface area contributed by atoms with Crippen molar-refractivity contribution in [2.75, 3.05) is 14.2 Å². The zero-order valence-electron chi connectivity index (χ0n) is 21.9. The van der Waals surface area contributed by atoms with E-state index in [9.17, 15) is 22.8 Å². The van der Waals surface area contributed by atoms with Crippen molar-refractivity contribution in [3.05, 3.63) is 53.6 Å². The Bertz CT molecular complexity index is 1090. The highest BCUT2D eigenvalue weighted by atomic mass is 19.4. The second kappa shape index (κ2) is 11.5. The van der Waals surface area contributed by atoms with Gasteiger partial charge in [0.05, 0.1) is 7.11 Å². The number of methoxy groups -OCH3 is 1. The van der Waals surface area contributed by atoms with Gasteiger partial charge in [-0.05, 0) is 69.7 Å². The lowest BCUT2D eigenvalue weighted by atomic mass is 9.90. The Balaban J connectivity index is 1.61. The normalized spacial score (nSPS) is 18.3. The van der Waals surface area contributed by atoms with E-state index in [2.05, 4.69) is 5.32 Å². The van der Waals surface area contributed by atoms with Gasteiger partial charge in [0.25, 0.3) is 5.78 Å². The summed E-state index contributed by atoms with van der Waals surface area (Å²) in [6.07, 6.45) is -1.64. The van der Waals surface area contributed by atoms with Crippen LogP contribution in [0.2, 0.25) is 0 Å². The number of amides is 1. The van der Waals surface area contributed by atoms with Crippen molar-refractivity contribution >= 4 is 11.9 Å². The third-order valence-electron chi connectivity index (χ3n) is 6.53. The number of benzene rings is 2. The SMILES string of the molecule is COc1ccc(-c2ccc(C(=O)C(F)(F)F)cc2)cc1CNC1CCC(N(C)C(=O)OC(C)(C)C)CC1. The van der Waals surface area contributed by atoms with Crippen LogP contribution in [0.25, 0.3) is 11.1 Å². The van der Waals surface area contributed by atoms with Crippen LogP contribution in [0.15, 0.2) is 42.5 Å². The smallest absolute Gasteiger partial charge is 0.454 e. The number of nitrogens with one attached hydrogen (secondary N) is 1. The fourth-order valence-corrected chi connectivity index (χ4v) is 4.48. The van der Waals surface area contributed by atoms with Crippen molar-refractivity contribution < 1.29 is 32.2 Å². The van der Waals surface area contributed by atoms with Gasteiger partial charge < -0.3 is 19.7 Å². The first-order valence-corrected chi connectivity index (χ1v) is 12.4. The Kier molecular flexibility index (Phi) is 8.89. The Morgan fingerprint density at radius 1 is 0.973 bits per heavy atom. The summed E-state index contributed by atoms with van der Waals surface area (Å²) in [5.74, 6) is -1.15. The van der Waals surface area contributed by atoms with E-state index >= 15 is 0 Å². The number of hydrogen-bond acceptors (Lipinski definition) is 5. The molecule has 2 aromatic carbocycles. The van der Waals surface area contributed by atoms with Gasteiger partial charge in [-0.2, -0.15) is 13.2 Å². The van der Waals surface area contributed by atoms with Crippen molar-refractivity contribution in [2.24, 2.45) is 0 Å². The molecule has 0 saturated heterocycles. The number of carbonyl (C=O) groups is 2. The molecular formula is C28H35F3N2O4. The molecule has 2 aromatic rings. The maximum absolute atomic E-state index is 12.7. The van der Waals surface area contributed by atoms with E-state index in [4.69, 9.17) is 9.47 Å². The minimum Gasteiger partial charge on any atom is -0.496 e. The van der Waals surface area contributed by atoms with E-state index in [0.29, 0.717) is 17.9 Å². The summed E-state index contributed by atoms with van der Waals surface area (Å²) in [7, 11) is 3.38. The maximum atomic E-state index is 12.7. The molecule has 0 aliphatic heterocycles. The van der Waals surface area contributed by atoms with Crippen LogP contribution in [0, 0.1) is 0 Å². The van der Waals surface area contributed by atoms with Crippen LogP contribution in [-0.2, 0) is 11.3 Å². The molecule has 0 unspecified atom stereocenters. The Morgan fingerprint density at radius 3 is 2.11 bits per heavy atom. The fourth-order valence-electron chi connectivity index (χ4n) is 4.48. The maximum Gasteiger partial charge on any atom is 0.454 e. The summed E-state index contributed by atoms with van der Waals surface area (Å²) in [6.45, 7) is 6.12. The van der Waals surface area contributed by atoms with Crippen molar-refractivity contribution in [3.8, 4) is 16.9 Å². The van der Waals surface area contributed by atoms with Crippen LogP contribution in [-0.4, -0.2) is 54.8 Å². The molecule has 202 valence electrons. The summed E-state index contributed by atoms with van der Waals surface area (Å²) in [5, 5.41) is 3.57. The second-order valence-electron chi connectivity index (χ2n) is 10.4. The molecule has 0 spiro atoms. The number of ether oxygens (including phenoxy) is 2. The van der Waals surface area contributed by atoms with Crippen molar-refractivity contribution in [1.29, 1.82) is 0 Å². The molecule has 0 bridgehead atoms. The molecule has 0 atom stereocenters. The van der Waals surface area contributed by atoms with Crippen LogP contribution >= 0.6 is 0 Å². The van der Waals surface area contributed by atoms with E-state index in [1.165, 1.54) is 24.3 Å². The molecule has 9 heteroatoms. The van der Waals surface area contributed by atoms with Gasteiger partial charge in [-0.3, -0.25) is 4.79 Å². The molecule has 0 radical (unpaired) electrons. The van der Waals surface area contributed by atoms with Gasteiger partial charge in [-0.25, -0.2) is 4.79 Å². The summed E-state index contributed by atoms with van der Waals surface area (Å²) >= 11 is 0. The van der Waals surface area contributed by atoms with Crippen LogP contribution in [0.4, 0.5) is 18.0 Å². The summed E-state index contributed by atoms with van der Waals surface area (Å²) in [4.78, 5) is 25.5. The average molecular weight is 521 g/mol. The molecule has 37 heavy (non-hydrogen) atoms. The quantitative estimate of drug-likeness (QED) is 0.430. The predicted octanol–water partition coefficient (Wildman–Crippen LogP) is 6.37. The average Bonchev–Trinajstić information content (AvgIpc) is 2.85. The summed E-state index contributed by atoms with van der Waals surface area (Å²) < 4.78 is 49.1. The molecule has 1 aliphatic carbocycles. The highest BCUT2D eigenvalue weighted by molar-refractivity contribution is 6.00. The standard InChI is InChI=1S/C28H35F3N2O4/c1-27(2,3)37-26(35)33(4)23-13-11-22(12-14-23)32-17-21-16-20(10-15-24(21)36-5)18-6-8-19(9-7-18)25(34)28(29,30)31/h6-10,15-16,22-23,32H,11-14,17H2,1-5H3. The zero-order chi connectivity index (χ0) is 27.4. The number of carbonyl (C=O) groups excluding carboxylic acids is 2. The molecular weight excluding hydrogens is 485 g/mol. The van der Waals surface area contributed by atoms with Crippen molar-refractivity contribution in [3.63, 3.8) is 0 Å². The first kappa shape index (κ1) is 28.5. The predicted molar refractivity (Wildman–Crippen MR) is 136 cm³/mol. The minimum atomic E-state index is -4.90. The van der Waals surface area contributed by atoms with E-state index in [0.717, 1.165) is 36.8 Å². The van der Waals surface area contributed by atoms with E-state index in [1.807, 2.05) is 39.0 Å². The van der Waals surface area contributed by atoms with Gasteiger partial charge in [0.15, 0.2) is 0 Å². The lowest BCUT2D eigenvalue weighted by molar-refractivity contribution is -0.0885. The Morgan fingerprint density at radius 2 is 1.57 bits per heavy atom. The van der Waals surface area contributed by atoms with E-state index < -0.39 is 17.6 Å². The highest BCUT2D eigenvalue weighted by Gasteiger charge is 2.39. The highest BCUT2D eigenvalue weighted by Crippen LogP contribution is 2.30. The zero-order valence-corrected chi connectivity index (χ0v) is 21.9. The van der Waals surface area contributed by atoms with Crippen molar-refractivity contribution in [1.82, 2.24) is 10.2 Å². The second-order valence-corrected chi connectivity index (χ2v) is 10.4. The number of hydrogen-bond donors (Lipinski definition) is 1. The molecule has 1 N–H and O–H groups in total. The first-order valence-electron chi connectivity index (χ1n) is 12.4. The number of Topliss-reactive ketones (excluding diaryl/α,β-unsaturated/α-hetero) is 1. The topological polar surface area (TPSA) is 67.9 Å². The monoisotopic (exact) mass is 520 g/mol. The molecule has 0 heterocycles. The third-order valence-corrected chi connectivity index (χ3v) is 6.53. The van der Waals surface area contributed by atoms with E-state index in [1.54, 1.807) is 19.1 Å². The van der Waals surface area contributed by atoms with Crippen LogP contribution < -0.4 is 10.1 Å². The molecule has 6 nitrogen and oxygen atoms in total. The largest absolute Gasteiger partial charge is 0.496 e. The molecule has 3 rings (SSSR count). The van der Waals surface area contributed by atoms with Crippen LogP contribution in [0.1, 0.15) is 62.4 Å². The fraction of sp³-hybridized carbons (Fsp3) is 0.500. The molecule has 1 aliphatic rings. The molecule has 1 fully saturated rings. The van der Waals surface area contributed by atoms with Gasteiger partial charge in [0.1, 0.15) is 11.4 Å². The minimum absolute atomic E-state index is 0.137. The molecule has 1 amide bonds. The Hall–Kier alpha value is -3.07. The lowest BCUT2D eigenvalue weighted by Gasteiger charge is -2.36. The number of alkyl halides is 3. The van der Waals surface area contributed by atoms with Gasteiger partial charge >= 0.3 is 12.3 Å². The molecule has 1 saturated carbocycles. The number of rotatable bonds is 7. The lowest BCUT2D eigenvalue weighted by Crippen LogP contribution is -2.44. The third kappa shape index (κ3) is 7.71. The van der Waals surface area contributed by atoms with Crippen LogP contribution in [0.3, 0.4) is 0 Å². The Labute approximate surface area is 216 Å². The van der Waals surface area contributed by atoms with E-state index in [-0.39, 0.29) is 23.7 Å². The van der Waals surface area contributed by atoms with Gasteiger partial charge in [-0.1, -0.05) is 30.3 Å². The van der Waals surface area contributed by atoms with Gasteiger partial charge in [0.2, 0.25) is 0 Å². The van der Waals surface area contributed by atoms with Crippen molar-refractivity contribution in [2.45, 2.75) is 76.9 Å². The summed E-state index contributed by atoms with van der Waals surface area (Å²) in [5.41, 5.74) is 1.52. The van der Waals surface area contributed by atoms with Gasteiger partial charge in [-0.15, -0.1) is 0 Å². The number of halogens is 3. The summed E-state index contributed by atoms with van der Waals surface area (Å²) in [6, 6.07) is 11.4.